The van der Waals surface area contributed by atoms with Gasteiger partial charge in [0.25, 0.3) is 11.6 Å². The van der Waals surface area contributed by atoms with Crippen molar-refractivity contribution in [2.24, 2.45) is 0 Å². The summed E-state index contributed by atoms with van der Waals surface area (Å²) in [5.41, 5.74) is 0.0628. The van der Waals surface area contributed by atoms with Crippen LogP contribution in [0.2, 0.25) is 0 Å². The fraction of sp³-hybridized carbons (Fsp3) is 0.263. The first kappa shape index (κ1) is 20.7. The maximum atomic E-state index is 12.1. The normalized spacial score (nSPS) is 11.2. The molecule has 0 aliphatic rings. The summed E-state index contributed by atoms with van der Waals surface area (Å²) in [5, 5.41) is 13.2. The van der Waals surface area contributed by atoms with Crippen LogP contribution in [0.25, 0.3) is 0 Å². The fourth-order valence-electron chi connectivity index (χ4n) is 2.21. The average Bonchev–Trinajstić information content (AvgIpc) is 2.67. The standard InChI is InChI=1S/C19H20N2O7/c1-3-26-16-9-4-5-10-17(16)27-12-18(22)28-13(2)19(23)20-14-7-6-8-15(11-14)21(24)25/h4-11,13H,3,12H2,1-2H3,(H,20,23). The van der Waals surface area contributed by atoms with Crippen molar-refractivity contribution in [2.45, 2.75) is 20.0 Å². The highest BCUT2D eigenvalue weighted by Gasteiger charge is 2.19. The monoisotopic (exact) mass is 388 g/mol. The lowest BCUT2D eigenvalue weighted by Gasteiger charge is -2.15. The van der Waals surface area contributed by atoms with Gasteiger partial charge < -0.3 is 19.5 Å². The molecule has 0 fully saturated rings. The summed E-state index contributed by atoms with van der Waals surface area (Å²) < 4.78 is 15.8. The van der Waals surface area contributed by atoms with Gasteiger partial charge in [0.15, 0.2) is 24.2 Å². The number of nitro benzene ring substituents is 1. The Morgan fingerprint density at radius 1 is 1.11 bits per heavy atom. The van der Waals surface area contributed by atoms with Gasteiger partial charge in [-0.1, -0.05) is 18.2 Å². The van der Waals surface area contributed by atoms with Crippen molar-refractivity contribution in [3.63, 3.8) is 0 Å². The molecule has 2 aromatic rings. The van der Waals surface area contributed by atoms with Crippen LogP contribution in [0.15, 0.2) is 48.5 Å². The van der Waals surface area contributed by atoms with Gasteiger partial charge in [-0.2, -0.15) is 0 Å². The molecule has 9 heteroatoms. The lowest BCUT2D eigenvalue weighted by molar-refractivity contribution is -0.384. The minimum Gasteiger partial charge on any atom is -0.490 e. The Kier molecular flexibility index (Phi) is 7.32. The SMILES string of the molecule is CCOc1ccccc1OCC(=O)OC(C)C(=O)Nc1cccc([N+](=O)[O-])c1. The van der Waals surface area contributed by atoms with Gasteiger partial charge >= 0.3 is 5.97 Å². The fourth-order valence-corrected chi connectivity index (χ4v) is 2.21. The van der Waals surface area contributed by atoms with Crippen LogP contribution in [0.3, 0.4) is 0 Å². The Bertz CT molecular complexity index is 854. The van der Waals surface area contributed by atoms with E-state index < -0.39 is 29.5 Å². The molecule has 0 aromatic heterocycles. The molecule has 0 aliphatic heterocycles. The summed E-state index contributed by atoms with van der Waals surface area (Å²) in [5.74, 6) is -0.485. The largest absolute Gasteiger partial charge is 0.490 e. The van der Waals surface area contributed by atoms with Gasteiger partial charge in [0.1, 0.15) is 0 Å². The van der Waals surface area contributed by atoms with Crippen molar-refractivity contribution in [2.75, 3.05) is 18.5 Å². The Morgan fingerprint density at radius 3 is 2.43 bits per heavy atom. The number of carbonyl (C=O) groups excluding carboxylic acids is 2. The molecule has 1 atom stereocenters. The number of ether oxygens (including phenoxy) is 3. The molecule has 0 heterocycles. The molecular weight excluding hydrogens is 368 g/mol. The summed E-state index contributed by atoms with van der Waals surface area (Å²) in [7, 11) is 0. The second kappa shape index (κ2) is 9.91. The van der Waals surface area contributed by atoms with E-state index in [-0.39, 0.29) is 11.4 Å². The number of esters is 1. The van der Waals surface area contributed by atoms with Gasteiger partial charge in [0, 0.05) is 17.8 Å². The third-order valence-electron chi connectivity index (χ3n) is 3.50. The van der Waals surface area contributed by atoms with E-state index in [1.165, 1.54) is 31.2 Å². The minimum absolute atomic E-state index is 0.163. The van der Waals surface area contributed by atoms with Crippen LogP contribution in [-0.4, -0.2) is 36.1 Å². The highest BCUT2D eigenvalue weighted by atomic mass is 16.6. The summed E-state index contributed by atoms with van der Waals surface area (Å²) >= 11 is 0. The number of hydrogen-bond acceptors (Lipinski definition) is 7. The molecule has 2 rings (SSSR count). The average molecular weight is 388 g/mol. The molecule has 0 bridgehead atoms. The highest BCUT2D eigenvalue weighted by Crippen LogP contribution is 2.26. The molecule has 28 heavy (non-hydrogen) atoms. The number of para-hydroxylation sites is 2. The number of hydrogen-bond donors (Lipinski definition) is 1. The van der Waals surface area contributed by atoms with Crippen molar-refractivity contribution in [1.29, 1.82) is 0 Å². The predicted molar refractivity (Wildman–Crippen MR) is 100 cm³/mol. The van der Waals surface area contributed by atoms with E-state index in [0.717, 1.165) is 0 Å². The Labute approximate surface area is 161 Å². The molecule has 0 spiro atoms. The second-order valence-electron chi connectivity index (χ2n) is 5.60. The topological polar surface area (TPSA) is 117 Å². The number of non-ortho nitro benzene ring substituents is 1. The van der Waals surface area contributed by atoms with Crippen LogP contribution in [0.4, 0.5) is 11.4 Å². The van der Waals surface area contributed by atoms with Gasteiger partial charge in [-0.3, -0.25) is 14.9 Å². The molecular formula is C19H20N2O7. The zero-order valence-electron chi connectivity index (χ0n) is 15.4. The van der Waals surface area contributed by atoms with E-state index in [2.05, 4.69) is 5.32 Å². The van der Waals surface area contributed by atoms with Crippen LogP contribution >= 0.6 is 0 Å². The zero-order valence-corrected chi connectivity index (χ0v) is 15.4. The maximum absolute atomic E-state index is 12.1. The molecule has 1 amide bonds. The zero-order chi connectivity index (χ0) is 20.5. The van der Waals surface area contributed by atoms with Crippen LogP contribution in [0, 0.1) is 10.1 Å². The van der Waals surface area contributed by atoms with Crippen molar-refractivity contribution >= 4 is 23.3 Å². The molecule has 0 saturated carbocycles. The van der Waals surface area contributed by atoms with Gasteiger partial charge in [-0.05, 0) is 32.0 Å². The number of benzene rings is 2. The molecule has 2 aromatic carbocycles. The molecule has 0 saturated heterocycles. The number of nitrogens with zero attached hydrogens (tertiary/aromatic N) is 1. The Balaban J connectivity index is 1.87. The first-order chi connectivity index (χ1) is 13.4. The third-order valence-corrected chi connectivity index (χ3v) is 3.50. The van der Waals surface area contributed by atoms with E-state index in [9.17, 15) is 19.7 Å². The molecule has 9 nitrogen and oxygen atoms in total. The summed E-state index contributed by atoms with van der Waals surface area (Å²) in [6.07, 6.45) is -1.11. The van der Waals surface area contributed by atoms with Gasteiger partial charge in [-0.25, -0.2) is 4.79 Å². The Morgan fingerprint density at radius 2 is 1.79 bits per heavy atom. The van der Waals surface area contributed by atoms with Crippen molar-refractivity contribution < 1.29 is 28.7 Å². The number of nitrogens with one attached hydrogen (secondary N) is 1. The number of carbonyl (C=O) groups is 2. The van der Waals surface area contributed by atoms with Crippen LogP contribution < -0.4 is 14.8 Å². The summed E-state index contributed by atoms with van der Waals surface area (Å²) in [4.78, 5) is 34.3. The predicted octanol–water partition coefficient (Wildman–Crippen LogP) is 2.94. The first-order valence-electron chi connectivity index (χ1n) is 8.50. The number of nitro groups is 1. The van der Waals surface area contributed by atoms with Gasteiger partial charge in [0.05, 0.1) is 11.5 Å². The minimum atomic E-state index is -1.11. The molecule has 0 radical (unpaired) electrons. The smallest absolute Gasteiger partial charge is 0.344 e. The van der Waals surface area contributed by atoms with E-state index in [1.54, 1.807) is 24.3 Å². The van der Waals surface area contributed by atoms with Crippen molar-refractivity contribution in [3.8, 4) is 11.5 Å². The van der Waals surface area contributed by atoms with Crippen LogP contribution in [0.1, 0.15) is 13.8 Å². The molecule has 0 aliphatic carbocycles. The van der Waals surface area contributed by atoms with Crippen LogP contribution in [-0.2, 0) is 14.3 Å². The highest BCUT2D eigenvalue weighted by molar-refractivity contribution is 5.95. The van der Waals surface area contributed by atoms with E-state index in [1.807, 2.05) is 6.92 Å². The third kappa shape index (κ3) is 5.97. The second-order valence-corrected chi connectivity index (χ2v) is 5.60. The molecule has 1 unspecified atom stereocenters. The van der Waals surface area contributed by atoms with Gasteiger partial charge in [-0.15, -0.1) is 0 Å². The van der Waals surface area contributed by atoms with Crippen molar-refractivity contribution in [3.05, 3.63) is 58.6 Å². The number of amides is 1. The van der Waals surface area contributed by atoms with Crippen molar-refractivity contribution in [1.82, 2.24) is 0 Å². The van der Waals surface area contributed by atoms with Gasteiger partial charge in [0.2, 0.25) is 0 Å². The van der Waals surface area contributed by atoms with E-state index in [0.29, 0.717) is 18.1 Å². The van der Waals surface area contributed by atoms with Crippen LogP contribution in [0.5, 0.6) is 11.5 Å². The Hall–Kier alpha value is -3.62. The summed E-state index contributed by atoms with van der Waals surface area (Å²) in [6, 6.07) is 12.3. The lowest BCUT2D eigenvalue weighted by atomic mass is 10.2. The quantitative estimate of drug-likeness (QED) is 0.399. The maximum Gasteiger partial charge on any atom is 0.344 e. The lowest BCUT2D eigenvalue weighted by Crippen LogP contribution is -2.31. The number of anilines is 1. The molecule has 148 valence electrons. The van der Waals surface area contributed by atoms with E-state index >= 15 is 0 Å². The van der Waals surface area contributed by atoms with E-state index in [4.69, 9.17) is 14.2 Å². The number of rotatable bonds is 9. The summed E-state index contributed by atoms with van der Waals surface area (Å²) in [6.45, 7) is 3.25. The molecule has 1 N–H and O–H groups in total. The first-order valence-corrected chi connectivity index (χ1v) is 8.50.